The molecular formula is C15H17BrN2O2S. The number of aromatic nitrogens is 1. The smallest absolute Gasteiger partial charge is 0.263 e. The van der Waals surface area contributed by atoms with Crippen LogP contribution in [0.25, 0.3) is 0 Å². The Bertz CT molecular complexity index is 775. The SMILES string of the molecule is Cc1cc(C)c(C)c(S(=O)(=O)Nc2cc(Br)ccn2)c1C. The van der Waals surface area contributed by atoms with Crippen LogP contribution < -0.4 is 4.72 Å². The van der Waals surface area contributed by atoms with Crippen molar-refractivity contribution in [2.45, 2.75) is 32.6 Å². The van der Waals surface area contributed by atoms with Crippen LogP contribution in [0.5, 0.6) is 0 Å². The van der Waals surface area contributed by atoms with Crippen molar-refractivity contribution in [1.29, 1.82) is 0 Å². The molecule has 112 valence electrons. The number of aryl methyl sites for hydroxylation is 2. The minimum atomic E-state index is -3.67. The van der Waals surface area contributed by atoms with Crippen LogP contribution in [0.2, 0.25) is 0 Å². The lowest BCUT2D eigenvalue weighted by atomic mass is 10.0. The molecule has 0 aliphatic carbocycles. The van der Waals surface area contributed by atoms with E-state index < -0.39 is 10.0 Å². The molecule has 2 rings (SSSR count). The molecule has 1 aromatic heterocycles. The third kappa shape index (κ3) is 3.27. The maximum Gasteiger partial charge on any atom is 0.263 e. The van der Waals surface area contributed by atoms with E-state index in [1.54, 1.807) is 18.3 Å². The molecule has 0 bridgehead atoms. The summed E-state index contributed by atoms with van der Waals surface area (Å²) in [4.78, 5) is 4.37. The lowest BCUT2D eigenvalue weighted by molar-refractivity contribution is 0.599. The largest absolute Gasteiger partial charge is 0.263 e. The van der Waals surface area contributed by atoms with Gasteiger partial charge in [0.15, 0.2) is 0 Å². The first-order valence-electron chi connectivity index (χ1n) is 6.44. The van der Waals surface area contributed by atoms with Crippen LogP contribution in [0.15, 0.2) is 33.8 Å². The van der Waals surface area contributed by atoms with Gasteiger partial charge in [-0.2, -0.15) is 0 Å². The number of halogens is 1. The molecule has 0 unspecified atom stereocenters. The number of benzene rings is 1. The molecule has 0 atom stereocenters. The standard InChI is InChI=1S/C15H17BrN2O2S/c1-9-7-10(2)12(4)15(11(9)3)21(19,20)18-14-8-13(16)5-6-17-14/h5-8H,1-4H3,(H,17,18). The van der Waals surface area contributed by atoms with Gasteiger partial charge in [-0.15, -0.1) is 0 Å². The normalized spacial score (nSPS) is 11.5. The van der Waals surface area contributed by atoms with Crippen molar-refractivity contribution < 1.29 is 8.42 Å². The summed E-state index contributed by atoms with van der Waals surface area (Å²) in [6, 6.07) is 5.37. The van der Waals surface area contributed by atoms with Gasteiger partial charge in [0.2, 0.25) is 0 Å². The van der Waals surface area contributed by atoms with E-state index in [4.69, 9.17) is 0 Å². The molecule has 1 heterocycles. The number of nitrogens with one attached hydrogen (secondary N) is 1. The van der Waals surface area contributed by atoms with E-state index in [-0.39, 0.29) is 0 Å². The Balaban J connectivity index is 2.55. The summed E-state index contributed by atoms with van der Waals surface area (Å²) in [5.41, 5.74) is 3.45. The number of nitrogens with zero attached hydrogens (tertiary/aromatic N) is 1. The number of hydrogen-bond donors (Lipinski definition) is 1. The highest BCUT2D eigenvalue weighted by Crippen LogP contribution is 2.27. The number of sulfonamides is 1. The van der Waals surface area contributed by atoms with Crippen LogP contribution in [-0.2, 0) is 10.0 Å². The van der Waals surface area contributed by atoms with Crippen molar-refractivity contribution in [3.05, 3.63) is 51.1 Å². The van der Waals surface area contributed by atoms with Crippen molar-refractivity contribution in [2.24, 2.45) is 0 Å². The number of rotatable bonds is 3. The van der Waals surface area contributed by atoms with E-state index in [9.17, 15) is 8.42 Å². The van der Waals surface area contributed by atoms with E-state index >= 15 is 0 Å². The van der Waals surface area contributed by atoms with Gasteiger partial charge in [-0.1, -0.05) is 22.0 Å². The lowest BCUT2D eigenvalue weighted by Gasteiger charge is -2.16. The molecular weight excluding hydrogens is 352 g/mol. The average Bonchev–Trinajstić information content (AvgIpc) is 2.35. The van der Waals surface area contributed by atoms with E-state index in [0.717, 1.165) is 26.7 Å². The van der Waals surface area contributed by atoms with E-state index in [1.165, 1.54) is 0 Å². The Morgan fingerprint density at radius 1 is 1.05 bits per heavy atom. The van der Waals surface area contributed by atoms with Crippen molar-refractivity contribution in [3.8, 4) is 0 Å². The van der Waals surface area contributed by atoms with Gasteiger partial charge < -0.3 is 0 Å². The predicted octanol–water partition coefficient (Wildman–Crippen LogP) is 3.88. The maximum atomic E-state index is 12.7. The molecule has 0 amide bonds. The van der Waals surface area contributed by atoms with Gasteiger partial charge in [0.05, 0.1) is 4.90 Å². The summed E-state index contributed by atoms with van der Waals surface area (Å²) in [7, 11) is -3.67. The van der Waals surface area contributed by atoms with Gasteiger partial charge in [0.25, 0.3) is 10.0 Å². The first-order chi connectivity index (χ1) is 9.72. The summed E-state index contributed by atoms with van der Waals surface area (Å²) in [5, 5.41) is 0. The Kier molecular flexibility index (Phi) is 4.39. The summed E-state index contributed by atoms with van der Waals surface area (Å²) < 4.78 is 28.7. The van der Waals surface area contributed by atoms with Crippen molar-refractivity contribution in [1.82, 2.24) is 4.98 Å². The molecule has 0 spiro atoms. The summed E-state index contributed by atoms with van der Waals surface area (Å²) in [5.74, 6) is 0.294. The van der Waals surface area contributed by atoms with E-state index in [0.29, 0.717) is 10.7 Å². The van der Waals surface area contributed by atoms with Crippen molar-refractivity contribution in [3.63, 3.8) is 0 Å². The first kappa shape index (κ1) is 16.0. The lowest BCUT2D eigenvalue weighted by Crippen LogP contribution is -2.17. The molecule has 1 N–H and O–H groups in total. The van der Waals surface area contributed by atoms with Crippen LogP contribution in [0, 0.1) is 27.7 Å². The predicted molar refractivity (Wildman–Crippen MR) is 88.1 cm³/mol. The molecule has 0 fully saturated rings. The van der Waals surface area contributed by atoms with Crippen LogP contribution in [0.4, 0.5) is 5.82 Å². The average molecular weight is 369 g/mol. The van der Waals surface area contributed by atoms with Gasteiger partial charge >= 0.3 is 0 Å². The topological polar surface area (TPSA) is 59.1 Å². The van der Waals surface area contributed by atoms with Crippen LogP contribution in [-0.4, -0.2) is 13.4 Å². The van der Waals surface area contributed by atoms with Gasteiger partial charge in [-0.05, 0) is 62.1 Å². The third-order valence-electron chi connectivity index (χ3n) is 3.53. The highest BCUT2D eigenvalue weighted by Gasteiger charge is 2.22. The molecule has 21 heavy (non-hydrogen) atoms. The van der Waals surface area contributed by atoms with Gasteiger partial charge in [-0.25, -0.2) is 13.4 Å². The highest BCUT2D eigenvalue weighted by molar-refractivity contribution is 9.10. The Hall–Kier alpha value is -1.40. The van der Waals surface area contributed by atoms with Crippen LogP contribution in [0.1, 0.15) is 22.3 Å². The monoisotopic (exact) mass is 368 g/mol. The molecule has 4 nitrogen and oxygen atoms in total. The Labute approximate surface area is 133 Å². The fraction of sp³-hybridized carbons (Fsp3) is 0.267. The van der Waals surface area contributed by atoms with E-state index in [1.807, 2.05) is 33.8 Å². The molecule has 0 aliphatic heterocycles. The van der Waals surface area contributed by atoms with Crippen LogP contribution >= 0.6 is 15.9 Å². The van der Waals surface area contributed by atoms with Gasteiger partial charge in [0.1, 0.15) is 5.82 Å². The van der Waals surface area contributed by atoms with Gasteiger partial charge in [-0.3, -0.25) is 4.72 Å². The minimum Gasteiger partial charge on any atom is -0.263 e. The highest BCUT2D eigenvalue weighted by atomic mass is 79.9. The van der Waals surface area contributed by atoms with Gasteiger partial charge in [0, 0.05) is 10.7 Å². The second-order valence-corrected chi connectivity index (χ2v) is 7.59. The molecule has 0 radical (unpaired) electrons. The first-order valence-corrected chi connectivity index (χ1v) is 8.72. The second kappa shape index (κ2) is 5.77. The number of anilines is 1. The number of pyridine rings is 1. The molecule has 2 aromatic rings. The zero-order valence-electron chi connectivity index (χ0n) is 12.4. The van der Waals surface area contributed by atoms with E-state index in [2.05, 4.69) is 25.6 Å². The zero-order valence-corrected chi connectivity index (χ0v) is 14.8. The Morgan fingerprint density at radius 3 is 2.14 bits per heavy atom. The number of hydrogen-bond acceptors (Lipinski definition) is 3. The summed E-state index contributed by atoms with van der Waals surface area (Å²) >= 11 is 3.30. The molecule has 0 aliphatic rings. The molecule has 0 saturated carbocycles. The second-order valence-electron chi connectivity index (χ2n) is 5.05. The van der Waals surface area contributed by atoms with Crippen LogP contribution in [0.3, 0.4) is 0 Å². The molecule has 6 heteroatoms. The molecule has 1 aromatic carbocycles. The zero-order chi connectivity index (χ0) is 15.8. The Morgan fingerprint density at radius 2 is 1.62 bits per heavy atom. The minimum absolute atomic E-state index is 0.294. The summed E-state index contributed by atoms with van der Waals surface area (Å²) in [6.07, 6.45) is 1.54. The third-order valence-corrected chi connectivity index (χ3v) is 5.65. The maximum absolute atomic E-state index is 12.7. The fourth-order valence-corrected chi connectivity index (χ4v) is 4.19. The fourth-order valence-electron chi connectivity index (χ4n) is 2.23. The quantitative estimate of drug-likeness (QED) is 0.893. The molecule has 0 saturated heterocycles. The van der Waals surface area contributed by atoms with Crippen molar-refractivity contribution >= 4 is 31.8 Å². The summed E-state index contributed by atoms with van der Waals surface area (Å²) in [6.45, 7) is 7.48. The van der Waals surface area contributed by atoms with Crippen molar-refractivity contribution in [2.75, 3.05) is 4.72 Å².